The molecule has 0 spiro atoms. The summed E-state index contributed by atoms with van der Waals surface area (Å²) in [5.41, 5.74) is 0. The molecule has 0 saturated carbocycles. The van der Waals surface area contributed by atoms with E-state index in [0.717, 1.165) is 0 Å². The van der Waals surface area contributed by atoms with Gasteiger partial charge in [-0.25, -0.2) is 0 Å². The number of halogens is 2. The van der Waals surface area contributed by atoms with E-state index in [-0.39, 0.29) is 5.97 Å². The van der Waals surface area contributed by atoms with Gasteiger partial charge in [0.05, 0.1) is 23.6 Å². The van der Waals surface area contributed by atoms with E-state index in [1.807, 2.05) is 11.9 Å². The van der Waals surface area contributed by atoms with Crippen molar-refractivity contribution >= 4 is 29.2 Å². The van der Waals surface area contributed by atoms with Crippen molar-refractivity contribution in [1.29, 1.82) is 0 Å². The van der Waals surface area contributed by atoms with Crippen LogP contribution in [-0.2, 0) is 9.53 Å². The van der Waals surface area contributed by atoms with Crippen LogP contribution in [0, 0.1) is 0 Å². The lowest BCUT2D eigenvalue weighted by Gasteiger charge is -2.17. The van der Waals surface area contributed by atoms with Gasteiger partial charge in [-0.2, -0.15) is 0 Å². The van der Waals surface area contributed by atoms with Crippen LogP contribution in [0.15, 0.2) is 18.2 Å². The van der Waals surface area contributed by atoms with Gasteiger partial charge in [-0.1, -0.05) is 29.3 Å². The number of carbonyl (C=O) groups excluding carboxylic acids is 1. The number of likely N-dealkylation sites (N-methyl/N-ethyl adjacent to an activating group) is 1. The second-order valence-corrected chi connectivity index (χ2v) is 4.84. The molecule has 0 N–H and O–H groups in total. The average molecular weight is 306 g/mol. The Hall–Kier alpha value is -0.970. The molecule has 1 aromatic rings. The first-order chi connectivity index (χ1) is 9.04. The number of hydrogen-bond donors (Lipinski definition) is 0. The molecular formula is C13H17Cl2NO3. The van der Waals surface area contributed by atoms with Crippen molar-refractivity contribution in [2.24, 2.45) is 0 Å². The Morgan fingerprint density at radius 1 is 1.26 bits per heavy atom. The molecule has 0 aliphatic heterocycles. The predicted octanol–water partition coefficient (Wildman–Crippen LogP) is 2.87. The third-order valence-electron chi connectivity index (χ3n) is 2.56. The standard InChI is InChI=1S/C13H17Cl2NO3/c1-16(7-6-12(17)18-2)8-9-19-13-10(14)4-3-5-11(13)15/h3-5H,6-9H2,1-2H3. The number of hydrogen-bond acceptors (Lipinski definition) is 4. The van der Waals surface area contributed by atoms with E-state index < -0.39 is 0 Å². The lowest BCUT2D eigenvalue weighted by atomic mass is 10.3. The van der Waals surface area contributed by atoms with Crippen molar-refractivity contribution in [3.63, 3.8) is 0 Å². The lowest BCUT2D eigenvalue weighted by Crippen LogP contribution is -2.27. The summed E-state index contributed by atoms with van der Waals surface area (Å²) in [4.78, 5) is 13.0. The van der Waals surface area contributed by atoms with Crippen molar-refractivity contribution in [1.82, 2.24) is 4.90 Å². The third-order valence-corrected chi connectivity index (χ3v) is 3.16. The Morgan fingerprint density at radius 2 is 1.89 bits per heavy atom. The van der Waals surface area contributed by atoms with Gasteiger partial charge in [0.25, 0.3) is 0 Å². The van der Waals surface area contributed by atoms with E-state index in [1.54, 1.807) is 18.2 Å². The number of carbonyl (C=O) groups is 1. The van der Waals surface area contributed by atoms with Gasteiger partial charge in [0.1, 0.15) is 6.61 Å². The Balaban J connectivity index is 2.32. The van der Waals surface area contributed by atoms with Gasteiger partial charge in [0, 0.05) is 13.1 Å². The minimum absolute atomic E-state index is 0.220. The lowest BCUT2D eigenvalue weighted by molar-refractivity contribution is -0.140. The molecule has 0 saturated heterocycles. The molecule has 0 heterocycles. The molecule has 0 aliphatic carbocycles. The molecule has 0 amide bonds. The molecule has 6 heteroatoms. The normalized spacial score (nSPS) is 10.6. The number of nitrogens with zero attached hydrogens (tertiary/aromatic N) is 1. The average Bonchev–Trinajstić information content (AvgIpc) is 2.39. The zero-order valence-corrected chi connectivity index (χ0v) is 12.5. The highest BCUT2D eigenvalue weighted by Crippen LogP contribution is 2.32. The summed E-state index contributed by atoms with van der Waals surface area (Å²) in [6.07, 6.45) is 0.361. The molecule has 19 heavy (non-hydrogen) atoms. The molecule has 1 aromatic carbocycles. The van der Waals surface area contributed by atoms with Crippen molar-refractivity contribution in [3.8, 4) is 5.75 Å². The second-order valence-electron chi connectivity index (χ2n) is 4.03. The van der Waals surface area contributed by atoms with Crippen LogP contribution in [0.3, 0.4) is 0 Å². The predicted molar refractivity (Wildman–Crippen MR) is 76.1 cm³/mol. The van der Waals surface area contributed by atoms with Crippen LogP contribution in [0.5, 0.6) is 5.75 Å². The first kappa shape index (κ1) is 16.1. The van der Waals surface area contributed by atoms with E-state index in [4.69, 9.17) is 27.9 Å². The fraction of sp³-hybridized carbons (Fsp3) is 0.462. The van der Waals surface area contributed by atoms with Crippen molar-refractivity contribution in [2.75, 3.05) is 33.9 Å². The highest BCUT2D eigenvalue weighted by Gasteiger charge is 2.08. The van der Waals surface area contributed by atoms with Crippen LogP contribution in [0.2, 0.25) is 10.0 Å². The fourth-order valence-electron chi connectivity index (χ4n) is 1.42. The number of esters is 1. The number of rotatable bonds is 7. The van der Waals surface area contributed by atoms with Crippen LogP contribution in [0.4, 0.5) is 0 Å². The fourth-order valence-corrected chi connectivity index (χ4v) is 1.93. The summed E-state index contributed by atoms with van der Waals surface area (Å²) < 4.78 is 10.1. The Morgan fingerprint density at radius 3 is 2.47 bits per heavy atom. The van der Waals surface area contributed by atoms with E-state index in [1.165, 1.54) is 7.11 Å². The Labute approximate surface area is 123 Å². The molecule has 0 aromatic heterocycles. The molecule has 4 nitrogen and oxygen atoms in total. The Kier molecular flexibility index (Phi) is 6.99. The van der Waals surface area contributed by atoms with Gasteiger partial charge >= 0.3 is 5.97 Å². The second kappa shape index (κ2) is 8.25. The molecular weight excluding hydrogens is 289 g/mol. The van der Waals surface area contributed by atoms with Crippen molar-refractivity contribution < 1.29 is 14.3 Å². The maximum atomic E-state index is 11.0. The summed E-state index contributed by atoms with van der Waals surface area (Å²) in [5.74, 6) is 0.272. The maximum Gasteiger partial charge on any atom is 0.306 e. The minimum atomic E-state index is -0.220. The number of methoxy groups -OCH3 is 1. The van der Waals surface area contributed by atoms with Gasteiger partial charge in [-0.3, -0.25) is 4.79 Å². The molecule has 0 aliphatic rings. The smallest absolute Gasteiger partial charge is 0.306 e. The number of benzene rings is 1. The van der Waals surface area contributed by atoms with Crippen molar-refractivity contribution in [3.05, 3.63) is 28.2 Å². The maximum absolute atomic E-state index is 11.0. The molecule has 1 rings (SSSR count). The molecule has 106 valence electrons. The van der Waals surface area contributed by atoms with E-state index in [9.17, 15) is 4.79 Å². The summed E-state index contributed by atoms with van der Waals surface area (Å²) in [6.45, 7) is 1.73. The summed E-state index contributed by atoms with van der Waals surface area (Å²) in [7, 11) is 3.28. The largest absolute Gasteiger partial charge is 0.489 e. The quantitative estimate of drug-likeness (QED) is 0.726. The van der Waals surface area contributed by atoms with E-state index in [2.05, 4.69) is 4.74 Å². The van der Waals surface area contributed by atoms with Crippen LogP contribution in [-0.4, -0.2) is 44.7 Å². The van der Waals surface area contributed by atoms with Gasteiger partial charge < -0.3 is 14.4 Å². The summed E-state index contributed by atoms with van der Waals surface area (Å²) in [5, 5.41) is 0.981. The van der Waals surface area contributed by atoms with Crippen LogP contribution in [0.1, 0.15) is 6.42 Å². The molecule has 0 fully saturated rings. The van der Waals surface area contributed by atoms with Crippen molar-refractivity contribution in [2.45, 2.75) is 6.42 Å². The van der Waals surface area contributed by atoms with Crippen LogP contribution < -0.4 is 4.74 Å². The zero-order valence-electron chi connectivity index (χ0n) is 11.0. The van der Waals surface area contributed by atoms with Crippen LogP contribution in [0.25, 0.3) is 0 Å². The number of para-hydroxylation sites is 1. The molecule has 0 radical (unpaired) electrons. The highest BCUT2D eigenvalue weighted by molar-refractivity contribution is 6.37. The first-order valence-corrected chi connectivity index (χ1v) is 6.62. The SMILES string of the molecule is COC(=O)CCN(C)CCOc1c(Cl)cccc1Cl. The molecule has 0 unspecified atom stereocenters. The van der Waals surface area contributed by atoms with E-state index >= 15 is 0 Å². The summed E-state index contributed by atoms with van der Waals surface area (Å²) >= 11 is 12.0. The minimum Gasteiger partial charge on any atom is -0.489 e. The molecule has 0 bridgehead atoms. The Bertz CT molecular complexity index is 406. The first-order valence-electron chi connectivity index (χ1n) is 5.86. The van der Waals surface area contributed by atoms with Gasteiger partial charge in [0.2, 0.25) is 0 Å². The topological polar surface area (TPSA) is 38.8 Å². The van der Waals surface area contributed by atoms with E-state index in [0.29, 0.717) is 41.9 Å². The number of ether oxygens (including phenoxy) is 2. The van der Waals surface area contributed by atoms with Gasteiger partial charge in [0.15, 0.2) is 5.75 Å². The van der Waals surface area contributed by atoms with Crippen LogP contribution >= 0.6 is 23.2 Å². The van der Waals surface area contributed by atoms with Gasteiger partial charge in [-0.15, -0.1) is 0 Å². The zero-order chi connectivity index (χ0) is 14.3. The highest BCUT2D eigenvalue weighted by atomic mass is 35.5. The third kappa shape index (κ3) is 5.68. The summed E-state index contributed by atoms with van der Waals surface area (Å²) in [6, 6.07) is 5.22. The van der Waals surface area contributed by atoms with Gasteiger partial charge in [-0.05, 0) is 19.2 Å². The monoisotopic (exact) mass is 305 g/mol. The molecule has 0 atom stereocenters.